The van der Waals surface area contributed by atoms with Crippen LogP contribution in [0.3, 0.4) is 0 Å². The molecule has 0 unspecified atom stereocenters. The minimum atomic E-state index is -0.257. The molecule has 0 spiro atoms. The van der Waals surface area contributed by atoms with Gasteiger partial charge in [-0.15, -0.1) is 11.3 Å². The smallest absolute Gasteiger partial charge is 0.331 e. The van der Waals surface area contributed by atoms with Gasteiger partial charge in [0.05, 0.1) is 17.7 Å². The summed E-state index contributed by atoms with van der Waals surface area (Å²) in [6.45, 7) is 8.48. The van der Waals surface area contributed by atoms with Gasteiger partial charge in [0.25, 0.3) is 5.56 Å². The quantitative estimate of drug-likeness (QED) is 0.811. The summed E-state index contributed by atoms with van der Waals surface area (Å²) in [5.74, 6) is 0. The Morgan fingerprint density at radius 1 is 1.29 bits per heavy atom. The molecule has 5 nitrogen and oxygen atoms in total. The third-order valence-corrected chi connectivity index (χ3v) is 5.21. The van der Waals surface area contributed by atoms with Gasteiger partial charge in [-0.05, 0) is 27.7 Å². The second kappa shape index (κ2) is 4.55. The van der Waals surface area contributed by atoms with Crippen molar-refractivity contribution < 1.29 is 4.74 Å². The van der Waals surface area contributed by atoms with Gasteiger partial charge in [0.1, 0.15) is 4.70 Å². The third-order valence-electron chi connectivity index (χ3n) is 4.01. The van der Waals surface area contributed by atoms with Gasteiger partial charge in [-0.2, -0.15) is 0 Å². The number of aromatic nitrogens is 2. The van der Waals surface area contributed by atoms with Crippen LogP contribution < -0.4 is 11.2 Å². The predicted molar refractivity (Wildman–Crippen MR) is 84.3 cm³/mol. The fourth-order valence-electron chi connectivity index (χ4n) is 2.87. The normalized spacial score (nSPS) is 17.4. The highest BCUT2D eigenvalue weighted by atomic mass is 32.1. The first kappa shape index (κ1) is 14.5. The van der Waals surface area contributed by atoms with Crippen molar-refractivity contribution in [2.45, 2.75) is 52.4 Å². The van der Waals surface area contributed by atoms with Gasteiger partial charge in [0.15, 0.2) is 0 Å². The van der Waals surface area contributed by atoms with Crippen LogP contribution in [0.25, 0.3) is 10.2 Å². The first-order chi connectivity index (χ1) is 9.73. The SMILES string of the molecule is CC(C)n1c(=O)n(C)c(=O)c2sc3c(c21)COC(C)(C)C3. The van der Waals surface area contributed by atoms with E-state index in [0.29, 0.717) is 11.3 Å². The fraction of sp³-hybridized carbons (Fsp3) is 0.600. The van der Waals surface area contributed by atoms with Crippen molar-refractivity contribution in [1.82, 2.24) is 9.13 Å². The maximum absolute atomic E-state index is 12.4. The molecule has 0 amide bonds. The van der Waals surface area contributed by atoms with Crippen LogP contribution in [0.15, 0.2) is 9.59 Å². The molecule has 114 valence electrons. The maximum Gasteiger partial charge on any atom is 0.331 e. The van der Waals surface area contributed by atoms with Crippen LogP contribution in [0.5, 0.6) is 0 Å². The fourth-order valence-corrected chi connectivity index (χ4v) is 4.36. The summed E-state index contributed by atoms with van der Waals surface area (Å²) in [6.07, 6.45) is 0.775. The molecule has 0 radical (unpaired) electrons. The lowest BCUT2D eigenvalue weighted by atomic mass is 9.98. The molecular formula is C15H20N2O3S. The molecule has 0 aromatic carbocycles. The lowest BCUT2D eigenvalue weighted by molar-refractivity contribution is -0.0384. The molecule has 0 saturated carbocycles. The lowest BCUT2D eigenvalue weighted by Gasteiger charge is -2.30. The Kier molecular flexibility index (Phi) is 3.15. The average molecular weight is 308 g/mol. The number of thiophene rings is 1. The molecule has 2 aromatic heterocycles. The van der Waals surface area contributed by atoms with E-state index in [1.54, 1.807) is 11.6 Å². The van der Waals surface area contributed by atoms with E-state index in [1.807, 2.05) is 27.7 Å². The molecule has 0 fully saturated rings. The highest BCUT2D eigenvalue weighted by Crippen LogP contribution is 2.37. The van der Waals surface area contributed by atoms with E-state index in [2.05, 4.69) is 0 Å². The van der Waals surface area contributed by atoms with Gasteiger partial charge in [-0.1, -0.05) is 0 Å². The molecule has 1 aliphatic rings. The van der Waals surface area contributed by atoms with Crippen LogP contribution in [0.1, 0.15) is 44.2 Å². The molecule has 2 aromatic rings. The summed E-state index contributed by atoms with van der Waals surface area (Å²) >= 11 is 1.51. The van der Waals surface area contributed by atoms with Gasteiger partial charge < -0.3 is 4.74 Å². The predicted octanol–water partition coefficient (Wildman–Crippen LogP) is 2.19. The van der Waals surface area contributed by atoms with Crippen molar-refractivity contribution in [1.29, 1.82) is 0 Å². The molecule has 0 atom stereocenters. The van der Waals surface area contributed by atoms with E-state index in [9.17, 15) is 9.59 Å². The molecule has 6 heteroatoms. The van der Waals surface area contributed by atoms with Crippen LogP contribution >= 0.6 is 11.3 Å². The third kappa shape index (κ3) is 2.08. The van der Waals surface area contributed by atoms with Crippen molar-refractivity contribution in [3.05, 3.63) is 31.3 Å². The zero-order valence-corrected chi connectivity index (χ0v) is 13.8. The Balaban J connectivity index is 2.45. The molecule has 3 rings (SSSR count). The topological polar surface area (TPSA) is 53.2 Å². The number of fused-ring (bicyclic) bond motifs is 3. The zero-order valence-electron chi connectivity index (χ0n) is 13.0. The van der Waals surface area contributed by atoms with Crippen LogP contribution in [0.2, 0.25) is 0 Å². The van der Waals surface area contributed by atoms with Crippen molar-refractivity contribution in [3.8, 4) is 0 Å². The zero-order chi connectivity index (χ0) is 15.5. The number of nitrogens with zero attached hydrogens (tertiary/aromatic N) is 2. The van der Waals surface area contributed by atoms with E-state index in [1.165, 1.54) is 20.8 Å². The van der Waals surface area contributed by atoms with Gasteiger partial charge in [-0.3, -0.25) is 13.9 Å². The van der Waals surface area contributed by atoms with E-state index >= 15 is 0 Å². The second-order valence-corrected chi connectivity index (χ2v) is 7.62. The molecule has 0 bridgehead atoms. The van der Waals surface area contributed by atoms with Crippen LogP contribution in [-0.4, -0.2) is 14.7 Å². The summed E-state index contributed by atoms with van der Waals surface area (Å²) in [4.78, 5) is 26.0. The average Bonchev–Trinajstić information content (AvgIpc) is 2.73. The van der Waals surface area contributed by atoms with Gasteiger partial charge in [-0.25, -0.2) is 4.79 Å². The molecule has 0 saturated heterocycles. The highest BCUT2D eigenvalue weighted by Gasteiger charge is 2.31. The molecule has 0 aliphatic carbocycles. The van der Waals surface area contributed by atoms with Gasteiger partial charge in [0.2, 0.25) is 0 Å². The minimum Gasteiger partial charge on any atom is -0.370 e. The van der Waals surface area contributed by atoms with Crippen molar-refractivity contribution in [3.63, 3.8) is 0 Å². The molecule has 21 heavy (non-hydrogen) atoms. The lowest BCUT2D eigenvalue weighted by Crippen LogP contribution is -2.39. The Morgan fingerprint density at radius 2 is 1.95 bits per heavy atom. The standard InChI is InChI=1S/C15H20N2O3S/c1-8(2)17-11-9-7-20-15(3,4)6-10(9)21-12(11)13(18)16(5)14(17)19/h8H,6-7H2,1-5H3. The monoisotopic (exact) mass is 308 g/mol. The first-order valence-electron chi connectivity index (χ1n) is 7.12. The summed E-state index contributed by atoms with van der Waals surface area (Å²) < 4.78 is 9.47. The Morgan fingerprint density at radius 3 is 2.57 bits per heavy atom. The van der Waals surface area contributed by atoms with Crippen molar-refractivity contribution >= 4 is 21.6 Å². The number of hydrogen-bond donors (Lipinski definition) is 0. The number of ether oxygens (including phenoxy) is 1. The highest BCUT2D eigenvalue weighted by molar-refractivity contribution is 7.19. The first-order valence-corrected chi connectivity index (χ1v) is 7.94. The van der Waals surface area contributed by atoms with E-state index in [4.69, 9.17) is 4.74 Å². The van der Waals surface area contributed by atoms with Crippen LogP contribution in [0.4, 0.5) is 0 Å². The summed E-state index contributed by atoms with van der Waals surface area (Å²) in [6, 6.07) is 0.000404. The molecular weight excluding hydrogens is 288 g/mol. The second-order valence-electron chi connectivity index (χ2n) is 6.52. The minimum absolute atomic E-state index is 0.000404. The van der Waals surface area contributed by atoms with Crippen LogP contribution in [0, 0.1) is 0 Å². The van der Waals surface area contributed by atoms with E-state index < -0.39 is 0 Å². The summed E-state index contributed by atoms with van der Waals surface area (Å²) in [7, 11) is 1.54. The van der Waals surface area contributed by atoms with E-state index in [0.717, 1.165) is 17.5 Å². The maximum atomic E-state index is 12.4. The van der Waals surface area contributed by atoms with Crippen molar-refractivity contribution in [2.75, 3.05) is 0 Å². The summed E-state index contributed by atoms with van der Waals surface area (Å²) in [5, 5.41) is 0. The van der Waals surface area contributed by atoms with Crippen molar-refractivity contribution in [2.24, 2.45) is 7.05 Å². The molecule has 3 heterocycles. The van der Waals surface area contributed by atoms with E-state index in [-0.39, 0.29) is 22.9 Å². The number of rotatable bonds is 1. The Labute approximate surface area is 126 Å². The molecule has 0 N–H and O–H groups in total. The molecule has 1 aliphatic heterocycles. The van der Waals surface area contributed by atoms with Gasteiger partial charge in [0, 0.05) is 30.0 Å². The Hall–Kier alpha value is -1.40. The largest absolute Gasteiger partial charge is 0.370 e. The van der Waals surface area contributed by atoms with Gasteiger partial charge >= 0.3 is 5.69 Å². The van der Waals surface area contributed by atoms with Crippen LogP contribution in [-0.2, 0) is 24.8 Å². The number of hydrogen-bond acceptors (Lipinski definition) is 4. The summed E-state index contributed by atoms with van der Waals surface area (Å²) in [5.41, 5.74) is 1.10. The Bertz CT molecular complexity index is 839.